The molecule has 2 aromatic rings. The minimum absolute atomic E-state index is 0.237. The molecule has 0 aliphatic rings. The first-order valence-corrected chi connectivity index (χ1v) is 8.06. The summed E-state index contributed by atoms with van der Waals surface area (Å²) in [5, 5.41) is 2.74. The monoisotopic (exact) mass is 376 g/mol. The molecule has 1 aromatic heterocycles. The standard InChI is InChI=1S/C17H17ClN4O4/c1-11(19-17(26)12-6-2-3-7-13(12)18)16(25)21-20-14(23)10-22-9-5-4-8-15(22)24/h2-9,11H,10H2,1H3,(H,19,26)(H,20,23)(H,21,25)/t11-/m0/s1. The molecule has 0 fully saturated rings. The summed E-state index contributed by atoms with van der Waals surface area (Å²) in [7, 11) is 0. The third-order valence-electron chi connectivity index (χ3n) is 3.40. The lowest BCUT2D eigenvalue weighted by molar-refractivity contribution is -0.130. The zero-order valence-corrected chi connectivity index (χ0v) is 14.6. The molecular formula is C17H17ClN4O4. The summed E-state index contributed by atoms with van der Waals surface area (Å²) < 4.78 is 1.18. The molecule has 0 aliphatic carbocycles. The van der Waals surface area contributed by atoms with Crippen molar-refractivity contribution in [1.29, 1.82) is 0 Å². The Bertz CT molecular complexity index is 881. The molecule has 0 saturated carbocycles. The molecule has 9 heteroatoms. The van der Waals surface area contributed by atoms with Crippen molar-refractivity contribution >= 4 is 29.3 Å². The molecule has 1 heterocycles. The van der Waals surface area contributed by atoms with E-state index in [1.165, 1.54) is 29.8 Å². The predicted octanol–water partition coefficient (Wildman–Crippen LogP) is 0.468. The van der Waals surface area contributed by atoms with E-state index in [2.05, 4.69) is 16.2 Å². The number of hydrazine groups is 1. The first kappa shape index (κ1) is 19.2. The second kappa shape index (κ2) is 8.82. The Labute approximate surface area is 154 Å². The first-order chi connectivity index (χ1) is 12.4. The van der Waals surface area contributed by atoms with Crippen LogP contribution in [0.1, 0.15) is 17.3 Å². The van der Waals surface area contributed by atoms with Crippen LogP contribution in [0.25, 0.3) is 0 Å². The molecule has 0 aliphatic heterocycles. The van der Waals surface area contributed by atoms with Gasteiger partial charge in [-0.2, -0.15) is 0 Å². The summed E-state index contributed by atoms with van der Waals surface area (Å²) in [6.07, 6.45) is 1.45. The fraction of sp³-hybridized carbons (Fsp3) is 0.176. The van der Waals surface area contributed by atoms with Crippen LogP contribution in [0.4, 0.5) is 0 Å². The average molecular weight is 377 g/mol. The highest BCUT2D eigenvalue weighted by Gasteiger charge is 2.18. The smallest absolute Gasteiger partial charge is 0.260 e. The molecule has 0 saturated heterocycles. The van der Waals surface area contributed by atoms with Gasteiger partial charge in [-0.3, -0.25) is 30.0 Å². The Kier molecular flexibility index (Phi) is 6.51. The molecule has 0 radical (unpaired) electrons. The van der Waals surface area contributed by atoms with Crippen LogP contribution >= 0.6 is 11.6 Å². The van der Waals surface area contributed by atoms with E-state index in [4.69, 9.17) is 11.6 Å². The van der Waals surface area contributed by atoms with Gasteiger partial charge in [0, 0.05) is 12.3 Å². The lowest BCUT2D eigenvalue weighted by atomic mass is 10.2. The summed E-state index contributed by atoms with van der Waals surface area (Å²) in [5.41, 5.74) is 4.28. The molecule has 26 heavy (non-hydrogen) atoms. The maximum Gasteiger partial charge on any atom is 0.260 e. The number of amides is 3. The van der Waals surface area contributed by atoms with Gasteiger partial charge in [-0.1, -0.05) is 29.8 Å². The third kappa shape index (κ3) is 5.18. The molecular weight excluding hydrogens is 360 g/mol. The van der Waals surface area contributed by atoms with Crippen LogP contribution in [0.2, 0.25) is 5.02 Å². The van der Waals surface area contributed by atoms with E-state index in [1.54, 1.807) is 30.3 Å². The largest absolute Gasteiger partial charge is 0.340 e. The van der Waals surface area contributed by atoms with Crippen molar-refractivity contribution in [2.45, 2.75) is 19.5 Å². The number of hydrogen-bond acceptors (Lipinski definition) is 4. The van der Waals surface area contributed by atoms with Gasteiger partial charge in [0.25, 0.3) is 23.3 Å². The number of nitrogens with zero attached hydrogens (tertiary/aromatic N) is 1. The van der Waals surface area contributed by atoms with Crippen molar-refractivity contribution in [2.24, 2.45) is 0 Å². The van der Waals surface area contributed by atoms with E-state index in [0.29, 0.717) is 0 Å². The van der Waals surface area contributed by atoms with Crippen molar-refractivity contribution < 1.29 is 14.4 Å². The van der Waals surface area contributed by atoms with E-state index in [1.807, 2.05) is 0 Å². The zero-order valence-electron chi connectivity index (χ0n) is 13.9. The highest BCUT2D eigenvalue weighted by atomic mass is 35.5. The number of carbonyl (C=O) groups is 3. The van der Waals surface area contributed by atoms with E-state index >= 15 is 0 Å². The number of aromatic nitrogens is 1. The summed E-state index contributed by atoms with van der Waals surface area (Å²) >= 11 is 5.93. The fourth-order valence-electron chi connectivity index (χ4n) is 2.01. The summed E-state index contributed by atoms with van der Waals surface area (Å²) in [6, 6.07) is 9.99. The van der Waals surface area contributed by atoms with Crippen molar-refractivity contribution in [1.82, 2.24) is 20.7 Å². The van der Waals surface area contributed by atoms with Gasteiger partial charge in [0.2, 0.25) is 0 Å². The highest BCUT2D eigenvalue weighted by molar-refractivity contribution is 6.33. The van der Waals surface area contributed by atoms with Gasteiger partial charge in [0.1, 0.15) is 12.6 Å². The minimum Gasteiger partial charge on any atom is -0.340 e. The third-order valence-corrected chi connectivity index (χ3v) is 3.73. The lowest BCUT2D eigenvalue weighted by Crippen LogP contribution is -2.51. The fourth-order valence-corrected chi connectivity index (χ4v) is 2.23. The average Bonchev–Trinajstić information content (AvgIpc) is 2.61. The summed E-state index contributed by atoms with van der Waals surface area (Å²) in [5.74, 6) is -1.73. The van der Waals surface area contributed by atoms with Crippen molar-refractivity contribution in [3.63, 3.8) is 0 Å². The van der Waals surface area contributed by atoms with Crippen LogP contribution in [0.3, 0.4) is 0 Å². The van der Waals surface area contributed by atoms with Crippen molar-refractivity contribution in [3.8, 4) is 0 Å². The van der Waals surface area contributed by atoms with Gasteiger partial charge in [-0.25, -0.2) is 0 Å². The van der Waals surface area contributed by atoms with Crippen LogP contribution in [-0.2, 0) is 16.1 Å². The first-order valence-electron chi connectivity index (χ1n) is 7.68. The number of pyridine rings is 1. The topological polar surface area (TPSA) is 109 Å². The second-order valence-corrected chi connectivity index (χ2v) is 5.79. The SMILES string of the molecule is C[C@H](NC(=O)c1ccccc1Cl)C(=O)NNC(=O)Cn1ccccc1=O. The molecule has 2 rings (SSSR count). The molecule has 3 amide bonds. The Morgan fingerprint density at radius 3 is 2.46 bits per heavy atom. The number of nitrogens with one attached hydrogen (secondary N) is 3. The van der Waals surface area contributed by atoms with Crippen LogP contribution < -0.4 is 21.7 Å². The maximum absolute atomic E-state index is 12.1. The molecule has 1 aromatic carbocycles. The second-order valence-electron chi connectivity index (χ2n) is 5.38. The number of hydrogen-bond donors (Lipinski definition) is 3. The van der Waals surface area contributed by atoms with E-state index < -0.39 is 23.8 Å². The van der Waals surface area contributed by atoms with Gasteiger partial charge in [0.15, 0.2) is 0 Å². The lowest BCUT2D eigenvalue weighted by Gasteiger charge is -2.15. The van der Waals surface area contributed by atoms with Gasteiger partial charge < -0.3 is 9.88 Å². The normalized spacial score (nSPS) is 11.3. The number of benzene rings is 1. The summed E-state index contributed by atoms with van der Waals surface area (Å²) in [6.45, 7) is 1.21. The molecule has 1 atom stereocenters. The molecule has 136 valence electrons. The molecule has 0 unspecified atom stereocenters. The number of halogens is 1. The predicted molar refractivity (Wildman–Crippen MR) is 95.4 cm³/mol. The van der Waals surface area contributed by atoms with Gasteiger partial charge in [-0.05, 0) is 25.1 Å². The summed E-state index contributed by atoms with van der Waals surface area (Å²) in [4.78, 5) is 47.4. The Morgan fingerprint density at radius 1 is 1.08 bits per heavy atom. The van der Waals surface area contributed by atoms with E-state index in [0.717, 1.165) is 0 Å². The Hall–Kier alpha value is -3.13. The molecule has 0 spiro atoms. The van der Waals surface area contributed by atoms with Crippen molar-refractivity contribution in [2.75, 3.05) is 0 Å². The van der Waals surface area contributed by atoms with Gasteiger partial charge in [-0.15, -0.1) is 0 Å². The van der Waals surface area contributed by atoms with E-state index in [-0.39, 0.29) is 22.7 Å². The molecule has 3 N–H and O–H groups in total. The van der Waals surface area contributed by atoms with Crippen LogP contribution in [0, 0.1) is 0 Å². The quantitative estimate of drug-likeness (QED) is 0.659. The number of rotatable bonds is 5. The van der Waals surface area contributed by atoms with Crippen molar-refractivity contribution in [3.05, 3.63) is 69.6 Å². The van der Waals surface area contributed by atoms with Crippen LogP contribution in [-0.4, -0.2) is 28.3 Å². The maximum atomic E-state index is 12.1. The zero-order chi connectivity index (χ0) is 19.1. The van der Waals surface area contributed by atoms with Gasteiger partial charge >= 0.3 is 0 Å². The van der Waals surface area contributed by atoms with Crippen LogP contribution in [0.15, 0.2) is 53.5 Å². The number of carbonyl (C=O) groups excluding carboxylic acids is 3. The minimum atomic E-state index is -0.918. The molecule has 0 bridgehead atoms. The highest BCUT2D eigenvalue weighted by Crippen LogP contribution is 2.14. The van der Waals surface area contributed by atoms with Gasteiger partial charge in [0.05, 0.1) is 10.6 Å². The van der Waals surface area contributed by atoms with Crippen LogP contribution in [0.5, 0.6) is 0 Å². The Morgan fingerprint density at radius 2 is 1.77 bits per heavy atom. The Balaban J connectivity index is 1.84. The molecule has 8 nitrogen and oxygen atoms in total. The van der Waals surface area contributed by atoms with E-state index in [9.17, 15) is 19.2 Å².